The number of para-hydroxylation sites is 2. The van der Waals surface area contributed by atoms with Crippen molar-refractivity contribution in [3.8, 4) is 0 Å². The molecule has 7 heteroatoms. The van der Waals surface area contributed by atoms with Gasteiger partial charge in [-0.05, 0) is 31.9 Å². The van der Waals surface area contributed by atoms with Gasteiger partial charge in [0.2, 0.25) is 0 Å². The van der Waals surface area contributed by atoms with Gasteiger partial charge in [-0.15, -0.1) is 0 Å². The van der Waals surface area contributed by atoms with E-state index in [4.69, 9.17) is 4.74 Å². The number of aromatic nitrogens is 2. The lowest BCUT2D eigenvalue weighted by molar-refractivity contribution is 0.0364. The number of rotatable bonds is 6. The van der Waals surface area contributed by atoms with Crippen molar-refractivity contribution in [1.82, 2.24) is 19.4 Å². The molecule has 7 nitrogen and oxygen atoms in total. The third kappa shape index (κ3) is 4.09. The average molecular weight is 374 g/mol. The Balaban J connectivity index is 1.91. The molecule has 0 atom stereocenters. The first kappa shape index (κ1) is 19.6. The molecule has 2 aromatic rings. The zero-order chi connectivity index (χ0) is 19.4. The van der Waals surface area contributed by atoms with E-state index in [1.54, 1.807) is 4.57 Å². The summed E-state index contributed by atoms with van der Waals surface area (Å²) in [5, 5.41) is 3.04. The van der Waals surface area contributed by atoms with Gasteiger partial charge in [0.1, 0.15) is 0 Å². The molecule has 1 fully saturated rings. The molecule has 1 saturated heterocycles. The Kier molecular flexibility index (Phi) is 6.01. The van der Waals surface area contributed by atoms with E-state index in [0.717, 1.165) is 51.2 Å². The number of hydrogen-bond donors (Lipinski definition) is 1. The molecule has 27 heavy (non-hydrogen) atoms. The molecule has 1 aliphatic heterocycles. The van der Waals surface area contributed by atoms with Gasteiger partial charge in [-0.2, -0.15) is 0 Å². The van der Waals surface area contributed by atoms with Gasteiger partial charge in [0.15, 0.2) is 0 Å². The van der Waals surface area contributed by atoms with Crippen LogP contribution < -0.4 is 11.0 Å². The van der Waals surface area contributed by atoms with Crippen LogP contribution in [0.3, 0.4) is 0 Å². The molecule has 0 bridgehead atoms. The molecule has 148 valence electrons. The predicted molar refractivity (Wildman–Crippen MR) is 106 cm³/mol. The number of ether oxygens (including phenoxy) is 1. The zero-order valence-corrected chi connectivity index (χ0v) is 16.5. The molecule has 1 aromatic carbocycles. The van der Waals surface area contributed by atoms with Crippen molar-refractivity contribution in [2.75, 3.05) is 32.8 Å². The molecule has 0 aliphatic carbocycles. The van der Waals surface area contributed by atoms with Crippen molar-refractivity contribution >= 4 is 17.1 Å². The number of carbonyl (C=O) groups is 1. The monoisotopic (exact) mass is 374 g/mol. The van der Waals surface area contributed by atoms with E-state index in [2.05, 4.69) is 10.2 Å². The second kappa shape index (κ2) is 8.27. The summed E-state index contributed by atoms with van der Waals surface area (Å²) in [6.07, 6.45) is 1.61. The molecule has 1 N–H and O–H groups in total. The van der Waals surface area contributed by atoms with Crippen molar-refractivity contribution in [3.05, 3.63) is 34.7 Å². The van der Waals surface area contributed by atoms with Gasteiger partial charge >= 0.3 is 11.7 Å². The molecule has 1 amide bonds. The van der Waals surface area contributed by atoms with Crippen LogP contribution in [-0.4, -0.2) is 58.5 Å². The van der Waals surface area contributed by atoms with Crippen LogP contribution in [-0.2, 0) is 11.3 Å². The van der Waals surface area contributed by atoms with Crippen molar-refractivity contribution < 1.29 is 9.53 Å². The maximum Gasteiger partial charge on any atom is 0.337 e. The first-order chi connectivity index (χ1) is 13.0. The topological polar surface area (TPSA) is 68.5 Å². The largest absolute Gasteiger partial charge is 0.379 e. The molecule has 0 radical (unpaired) electrons. The minimum Gasteiger partial charge on any atom is -0.379 e. The summed E-state index contributed by atoms with van der Waals surface area (Å²) in [5.74, 6) is 0. The Labute approximate surface area is 159 Å². The van der Waals surface area contributed by atoms with E-state index < -0.39 is 0 Å². The fourth-order valence-corrected chi connectivity index (χ4v) is 3.43. The van der Waals surface area contributed by atoms with Crippen molar-refractivity contribution in [3.63, 3.8) is 0 Å². The summed E-state index contributed by atoms with van der Waals surface area (Å²) >= 11 is 0. The van der Waals surface area contributed by atoms with E-state index in [0.29, 0.717) is 12.1 Å². The van der Waals surface area contributed by atoms with Gasteiger partial charge in [-0.25, -0.2) is 14.2 Å². The highest BCUT2D eigenvalue weighted by atomic mass is 16.5. The molecule has 3 rings (SSSR count). The van der Waals surface area contributed by atoms with E-state index in [1.165, 1.54) is 4.57 Å². The molecular weight excluding hydrogens is 344 g/mol. The van der Waals surface area contributed by atoms with Gasteiger partial charge in [0, 0.05) is 31.7 Å². The first-order valence-electron chi connectivity index (χ1n) is 9.82. The third-order valence-electron chi connectivity index (χ3n) is 5.75. The molecule has 1 aliphatic rings. The van der Waals surface area contributed by atoms with E-state index in [1.807, 2.05) is 45.0 Å². The minimum atomic E-state index is -0.354. The van der Waals surface area contributed by atoms with Crippen molar-refractivity contribution in [1.29, 1.82) is 0 Å². The summed E-state index contributed by atoms with van der Waals surface area (Å²) in [4.78, 5) is 28.3. The summed E-state index contributed by atoms with van der Waals surface area (Å²) < 4.78 is 8.37. The molecule has 0 spiro atoms. The lowest BCUT2D eigenvalue weighted by atomic mass is 9.96. The second-order valence-corrected chi connectivity index (χ2v) is 7.41. The number of carbonyl (C=O) groups excluding carboxylic acids is 1. The number of benzene rings is 1. The summed E-state index contributed by atoms with van der Waals surface area (Å²) in [5.41, 5.74) is 0.835. The predicted octanol–water partition coefficient (Wildman–Crippen LogP) is 2.27. The van der Waals surface area contributed by atoms with Gasteiger partial charge in [-0.3, -0.25) is 9.47 Å². The molecule has 2 heterocycles. The van der Waals surface area contributed by atoms with Crippen LogP contribution in [0.1, 0.15) is 33.6 Å². The van der Waals surface area contributed by atoms with Crippen LogP contribution in [0.25, 0.3) is 11.0 Å². The molecule has 0 saturated carbocycles. The van der Waals surface area contributed by atoms with Crippen LogP contribution in [0.5, 0.6) is 0 Å². The number of nitrogens with one attached hydrogen (secondary N) is 1. The second-order valence-electron chi connectivity index (χ2n) is 7.41. The quantitative estimate of drug-likeness (QED) is 0.842. The highest BCUT2D eigenvalue weighted by Crippen LogP contribution is 2.16. The Morgan fingerprint density at radius 3 is 2.37 bits per heavy atom. The van der Waals surface area contributed by atoms with E-state index >= 15 is 0 Å². The molecule has 0 unspecified atom stereocenters. The zero-order valence-electron chi connectivity index (χ0n) is 16.5. The normalized spacial score (nSPS) is 16.0. The Bertz CT molecular complexity index is 845. The highest BCUT2D eigenvalue weighted by Gasteiger charge is 2.26. The lowest BCUT2D eigenvalue weighted by Crippen LogP contribution is -2.49. The molecular formula is C20H30N4O3. The highest BCUT2D eigenvalue weighted by molar-refractivity contribution is 5.89. The van der Waals surface area contributed by atoms with Crippen molar-refractivity contribution in [2.45, 2.75) is 45.7 Å². The maximum absolute atomic E-state index is 13.1. The van der Waals surface area contributed by atoms with Gasteiger partial charge in [-0.1, -0.05) is 26.0 Å². The summed E-state index contributed by atoms with van der Waals surface area (Å²) in [7, 11) is 0. The molecule has 1 aromatic heterocycles. The fourth-order valence-electron chi connectivity index (χ4n) is 3.43. The van der Waals surface area contributed by atoms with E-state index in [-0.39, 0.29) is 17.3 Å². The Hall–Kier alpha value is -2.12. The van der Waals surface area contributed by atoms with E-state index in [9.17, 15) is 9.59 Å². The number of imidazole rings is 1. The number of fused-ring (bicyclic) bond motifs is 1. The van der Waals surface area contributed by atoms with Crippen LogP contribution >= 0.6 is 0 Å². The summed E-state index contributed by atoms with van der Waals surface area (Å²) in [6.45, 7) is 10.6. The SMILES string of the molecule is CCC(C)(CC)NC(=O)n1c(=O)n(CCN2CCOCC2)c2ccccc21. The number of amides is 1. The third-order valence-corrected chi connectivity index (χ3v) is 5.75. The summed E-state index contributed by atoms with van der Waals surface area (Å²) in [6, 6.07) is 7.14. The average Bonchev–Trinajstić information content (AvgIpc) is 2.98. The van der Waals surface area contributed by atoms with Crippen molar-refractivity contribution in [2.24, 2.45) is 0 Å². The van der Waals surface area contributed by atoms with Gasteiger partial charge in [0.05, 0.1) is 24.2 Å². The number of hydrogen-bond acceptors (Lipinski definition) is 4. The van der Waals surface area contributed by atoms with Crippen LogP contribution in [0.4, 0.5) is 4.79 Å². The number of nitrogens with zero attached hydrogens (tertiary/aromatic N) is 3. The van der Waals surface area contributed by atoms with Gasteiger partial charge in [0.25, 0.3) is 0 Å². The Morgan fingerprint density at radius 2 is 1.74 bits per heavy atom. The van der Waals surface area contributed by atoms with Crippen LogP contribution in [0, 0.1) is 0 Å². The number of morpholine rings is 1. The lowest BCUT2D eigenvalue weighted by Gasteiger charge is -2.28. The first-order valence-corrected chi connectivity index (χ1v) is 9.82. The van der Waals surface area contributed by atoms with Gasteiger partial charge < -0.3 is 10.1 Å². The smallest absolute Gasteiger partial charge is 0.337 e. The van der Waals surface area contributed by atoms with Crippen LogP contribution in [0.15, 0.2) is 29.1 Å². The fraction of sp³-hybridized carbons (Fsp3) is 0.600. The minimum absolute atomic E-state index is 0.281. The Morgan fingerprint density at radius 1 is 1.11 bits per heavy atom. The standard InChI is InChI=1S/C20H30N4O3/c1-4-20(3,5-2)21-18(25)24-17-9-7-6-8-16(17)23(19(24)26)11-10-22-12-14-27-15-13-22/h6-9H,4-5,10-15H2,1-3H3,(H,21,25). The maximum atomic E-state index is 13.1. The van der Waals surface area contributed by atoms with Crippen LogP contribution in [0.2, 0.25) is 0 Å².